The Bertz CT molecular complexity index is 1360. The summed E-state index contributed by atoms with van der Waals surface area (Å²) >= 11 is 0. The Morgan fingerprint density at radius 2 is 1.88 bits per heavy atom. The summed E-state index contributed by atoms with van der Waals surface area (Å²) in [5.41, 5.74) is 1.79. The standard InChI is InChI=1S/C23H19F3N4O3/c24-23(25,26)12-30-19-7-18(22(31)29-9-13-5-6-14(10-29)33-13)27-8-16(19)21(28-30)17-11-32-20-4-2-1-3-15(17)20/h1-4,7-8,11,13-14H,5-6,9-10,12H2. The number of carbonyl (C=O) groups is 1. The monoisotopic (exact) mass is 456 g/mol. The first-order valence-corrected chi connectivity index (χ1v) is 10.7. The molecule has 0 saturated carbocycles. The van der Waals surface area contributed by atoms with E-state index in [1.54, 1.807) is 11.0 Å². The van der Waals surface area contributed by atoms with Crippen molar-refractivity contribution in [3.8, 4) is 11.3 Å². The number of likely N-dealkylation sites (tertiary alicyclic amines) is 1. The average Bonchev–Trinajstić information content (AvgIpc) is 3.47. The van der Waals surface area contributed by atoms with Crippen molar-refractivity contribution in [2.45, 2.75) is 37.8 Å². The van der Waals surface area contributed by atoms with Gasteiger partial charge in [0.05, 0.1) is 17.7 Å². The summed E-state index contributed by atoms with van der Waals surface area (Å²) in [6, 6.07) is 8.63. The number of alkyl halides is 3. The van der Waals surface area contributed by atoms with E-state index in [1.165, 1.54) is 18.5 Å². The number of furan rings is 1. The molecule has 2 aliphatic heterocycles. The summed E-state index contributed by atoms with van der Waals surface area (Å²) in [6.07, 6.45) is 0.247. The summed E-state index contributed by atoms with van der Waals surface area (Å²) < 4.78 is 52.2. The van der Waals surface area contributed by atoms with Crippen LogP contribution in [0.1, 0.15) is 23.3 Å². The molecule has 2 aliphatic rings. The molecule has 0 aliphatic carbocycles. The number of amides is 1. The molecule has 4 aromatic rings. The first kappa shape index (κ1) is 20.2. The van der Waals surface area contributed by atoms with E-state index in [1.807, 2.05) is 18.2 Å². The predicted octanol–water partition coefficient (Wildman–Crippen LogP) is 4.41. The van der Waals surface area contributed by atoms with Crippen LogP contribution in [0.2, 0.25) is 0 Å². The van der Waals surface area contributed by atoms with E-state index >= 15 is 0 Å². The molecule has 2 fully saturated rings. The van der Waals surface area contributed by atoms with Crippen LogP contribution in [0.25, 0.3) is 33.1 Å². The van der Waals surface area contributed by atoms with Gasteiger partial charge in [0.1, 0.15) is 29.8 Å². The van der Waals surface area contributed by atoms with Gasteiger partial charge in [-0.3, -0.25) is 14.5 Å². The Hall–Kier alpha value is -3.40. The van der Waals surface area contributed by atoms with Crippen molar-refractivity contribution in [2.24, 2.45) is 0 Å². The second-order valence-electron chi connectivity index (χ2n) is 8.52. The fourth-order valence-corrected chi connectivity index (χ4v) is 4.78. The molecular formula is C23H19F3N4O3. The van der Waals surface area contributed by atoms with Crippen LogP contribution in [-0.2, 0) is 11.3 Å². The number of hydrogen-bond donors (Lipinski definition) is 0. The Morgan fingerprint density at radius 3 is 2.64 bits per heavy atom. The molecule has 7 nitrogen and oxygen atoms in total. The van der Waals surface area contributed by atoms with E-state index in [0.717, 1.165) is 22.9 Å². The number of hydrogen-bond acceptors (Lipinski definition) is 5. The van der Waals surface area contributed by atoms with Gasteiger partial charge in [0, 0.05) is 35.6 Å². The van der Waals surface area contributed by atoms with Gasteiger partial charge in [0.25, 0.3) is 5.91 Å². The van der Waals surface area contributed by atoms with Gasteiger partial charge in [-0.2, -0.15) is 18.3 Å². The lowest BCUT2D eigenvalue weighted by Gasteiger charge is -2.31. The van der Waals surface area contributed by atoms with Crippen LogP contribution in [0.3, 0.4) is 0 Å². The van der Waals surface area contributed by atoms with Gasteiger partial charge in [-0.15, -0.1) is 0 Å². The molecule has 2 unspecified atom stereocenters. The van der Waals surface area contributed by atoms with Crippen LogP contribution in [0.4, 0.5) is 13.2 Å². The number of aromatic nitrogens is 3. The van der Waals surface area contributed by atoms with Crippen molar-refractivity contribution in [2.75, 3.05) is 13.1 Å². The molecule has 1 amide bonds. The minimum Gasteiger partial charge on any atom is -0.464 e. The highest BCUT2D eigenvalue weighted by atomic mass is 19.4. The number of nitrogens with zero attached hydrogens (tertiary/aromatic N) is 4. The molecular weight excluding hydrogens is 437 g/mol. The molecule has 0 radical (unpaired) electrons. The molecule has 2 atom stereocenters. The summed E-state index contributed by atoms with van der Waals surface area (Å²) in [6.45, 7) is -0.356. The van der Waals surface area contributed by atoms with Crippen molar-refractivity contribution >= 4 is 27.8 Å². The minimum absolute atomic E-state index is 0.00756. The third kappa shape index (κ3) is 3.54. The van der Waals surface area contributed by atoms with Gasteiger partial charge < -0.3 is 14.1 Å². The molecule has 1 aromatic carbocycles. The van der Waals surface area contributed by atoms with E-state index in [-0.39, 0.29) is 29.3 Å². The van der Waals surface area contributed by atoms with Crippen molar-refractivity contribution in [3.63, 3.8) is 0 Å². The first-order chi connectivity index (χ1) is 15.9. The lowest BCUT2D eigenvalue weighted by Crippen LogP contribution is -2.46. The molecule has 170 valence electrons. The third-order valence-electron chi connectivity index (χ3n) is 6.25. The molecule has 5 heterocycles. The summed E-state index contributed by atoms with van der Waals surface area (Å²) in [4.78, 5) is 19.1. The first-order valence-electron chi connectivity index (χ1n) is 10.7. The number of fused-ring (bicyclic) bond motifs is 4. The molecule has 3 aromatic heterocycles. The van der Waals surface area contributed by atoms with E-state index in [0.29, 0.717) is 35.3 Å². The quantitative estimate of drug-likeness (QED) is 0.457. The van der Waals surface area contributed by atoms with Crippen LogP contribution < -0.4 is 0 Å². The fraction of sp³-hybridized carbons (Fsp3) is 0.348. The summed E-state index contributed by atoms with van der Waals surface area (Å²) in [7, 11) is 0. The largest absolute Gasteiger partial charge is 0.464 e. The van der Waals surface area contributed by atoms with Crippen LogP contribution in [0, 0.1) is 0 Å². The molecule has 6 rings (SSSR count). The van der Waals surface area contributed by atoms with Gasteiger partial charge in [-0.1, -0.05) is 18.2 Å². The zero-order chi connectivity index (χ0) is 22.7. The normalized spacial score (nSPS) is 20.8. The van der Waals surface area contributed by atoms with Crippen molar-refractivity contribution in [1.82, 2.24) is 19.7 Å². The van der Waals surface area contributed by atoms with Gasteiger partial charge in [-0.25, -0.2) is 0 Å². The third-order valence-corrected chi connectivity index (χ3v) is 6.25. The lowest BCUT2D eigenvalue weighted by molar-refractivity contribution is -0.141. The van der Waals surface area contributed by atoms with Gasteiger partial charge in [0.2, 0.25) is 0 Å². The highest BCUT2D eigenvalue weighted by Gasteiger charge is 2.37. The number of morpholine rings is 1. The van der Waals surface area contributed by atoms with Gasteiger partial charge in [0.15, 0.2) is 0 Å². The SMILES string of the molecule is O=C(c1cc2c(cn1)c(-c1coc3ccccc13)nn2CC(F)(F)F)N1CC2CCC(C1)O2. The Labute approximate surface area is 185 Å². The minimum atomic E-state index is -4.48. The van der Waals surface area contributed by atoms with Crippen LogP contribution in [0.15, 0.2) is 47.2 Å². The highest BCUT2D eigenvalue weighted by molar-refractivity contribution is 6.03. The second kappa shape index (κ2) is 7.31. The average molecular weight is 456 g/mol. The van der Waals surface area contributed by atoms with E-state index in [2.05, 4.69) is 10.1 Å². The zero-order valence-corrected chi connectivity index (χ0v) is 17.4. The van der Waals surface area contributed by atoms with Crippen molar-refractivity contribution in [1.29, 1.82) is 0 Å². The van der Waals surface area contributed by atoms with Crippen LogP contribution in [0.5, 0.6) is 0 Å². The Kier molecular flexibility index (Phi) is 4.48. The number of benzene rings is 1. The molecule has 0 N–H and O–H groups in total. The Balaban J connectivity index is 1.45. The number of halogens is 3. The fourth-order valence-electron chi connectivity index (χ4n) is 4.78. The number of para-hydroxylation sites is 1. The van der Waals surface area contributed by atoms with Crippen molar-refractivity contribution < 1.29 is 27.1 Å². The number of rotatable bonds is 3. The molecule has 2 bridgehead atoms. The van der Waals surface area contributed by atoms with Gasteiger partial charge >= 0.3 is 6.18 Å². The number of carbonyl (C=O) groups excluding carboxylic acids is 1. The summed E-state index contributed by atoms with van der Waals surface area (Å²) in [5.74, 6) is -0.313. The van der Waals surface area contributed by atoms with Crippen LogP contribution in [-0.4, -0.2) is 57.0 Å². The molecule has 2 saturated heterocycles. The van der Waals surface area contributed by atoms with Crippen LogP contribution >= 0.6 is 0 Å². The number of ether oxygens (including phenoxy) is 1. The predicted molar refractivity (Wildman–Crippen MR) is 113 cm³/mol. The highest BCUT2D eigenvalue weighted by Crippen LogP contribution is 2.35. The smallest absolute Gasteiger partial charge is 0.408 e. The topological polar surface area (TPSA) is 73.4 Å². The number of pyridine rings is 1. The second-order valence-corrected chi connectivity index (χ2v) is 8.52. The maximum atomic E-state index is 13.3. The van der Waals surface area contributed by atoms with Crippen molar-refractivity contribution in [3.05, 3.63) is 48.5 Å². The maximum Gasteiger partial charge on any atom is 0.408 e. The maximum absolute atomic E-state index is 13.3. The Morgan fingerprint density at radius 1 is 1.12 bits per heavy atom. The van der Waals surface area contributed by atoms with E-state index in [9.17, 15) is 18.0 Å². The molecule has 10 heteroatoms. The molecule has 0 spiro atoms. The molecule has 33 heavy (non-hydrogen) atoms. The van der Waals surface area contributed by atoms with E-state index < -0.39 is 12.7 Å². The van der Waals surface area contributed by atoms with Gasteiger partial charge in [-0.05, 0) is 25.0 Å². The lowest BCUT2D eigenvalue weighted by atomic mass is 10.1. The van der Waals surface area contributed by atoms with E-state index in [4.69, 9.17) is 9.15 Å². The zero-order valence-electron chi connectivity index (χ0n) is 17.4. The summed E-state index contributed by atoms with van der Waals surface area (Å²) in [5, 5.41) is 5.42.